The van der Waals surface area contributed by atoms with Crippen molar-refractivity contribution in [3.8, 4) is 11.3 Å². The molecule has 0 radical (unpaired) electrons. The molecule has 2 heterocycles. The second-order valence-corrected chi connectivity index (χ2v) is 5.44. The second kappa shape index (κ2) is 7.96. The van der Waals surface area contributed by atoms with Gasteiger partial charge in [0, 0.05) is 12.1 Å². The Hall–Kier alpha value is -1.85. The molecule has 1 aliphatic heterocycles. The van der Waals surface area contributed by atoms with Crippen molar-refractivity contribution in [2.24, 2.45) is 5.92 Å². The van der Waals surface area contributed by atoms with Crippen LogP contribution in [0.25, 0.3) is 11.3 Å². The van der Waals surface area contributed by atoms with Crippen molar-refractivity contribution in [2.75, 3.05) is 19.6 Å². The minimum Gasteiger partial charge on any atom is -0.351 e. The standard InChI is InChI=1S/C16H20N4O.ClH/c21-16(18-9-7-12-6-8-17-11-12)15-10-14(19-20-15)13-4-2-1-3-5-13;/h1-5,10,12,17H,6-9,11H2,(H,18,21)(H,19,20);1H. The summed E-state index contributed by atoms with van der Waals surface area (Å²) in [5, 5.41) is 13.3. The maximum absolute atomic E-state index is 12.1. The van der Waals surface area contributed by atoms with Crippen LogP contribution in [0.1, 0.15) is 23.3 Å². The number of hydrogen-bond donors (Lipinski definition) is 3. The molecule has 1 saturated heterocycles. The van der Waals surface area contributed by atoms with Crippen molar-refractivity contribution < 1.29 is 4.79 Å². The monoisotopic (exact) mass is 320 g/mol. The number of amides is 1. The van der Waals surface area contributed by atoms with E-state index in [-0.39, 0.29) is 18.3 Å². The van der Waals surface area contributed by atoms with Crippen molar-refractivity contribution in [3.63, 3.8) is 0 Å². The number of hydrogen-bond acceptors (Lipinski definition) is 3. The molecule has 2 aromatic rings. The van der Waals surface area contributed by atoms with Gasteiger partial charge in [0.05, 0.1) is 5.69 Å². The molecule has 6 heteroatoms. The Morgan fingerprint density at radius 1 is 1.32 bits per heavy atom. The highest BCUT2D eigenvalue weighted by Gasteiger charge is 2.15. The molecule has 3 rings (SSSR count). The van der Waals surface area contributed by atoms with Crippen LogP contribution in [0, 0.1) is 5.92 Å². The highest BCUT2D eigenvalue weighted by Crippen LogP contribution is 2.17. The van der Waals surface area contributed by atoms with E-state index in [9.17, 15) is 4.79 Å². The van der Waals surface area contributed by atoms with Gasteiger partial charge in [-0.25, -0.2) is 0 Å². The van der Waals surface area contributed by atoms with Gasteiger partial charge in [-0.2, -0.15) is 5.10 Å². The van der Waals surface area contributed by atoms with Gasteiger partial charge < -0.3 is 10.6 Å². The van der Waals surface area contributed by atoms with Crippen LogP contribution in [0.3, 0.4) is 0 Å². The fraction of sp³-hybridized carbons (Fsp3) is 0.375. The molecular formula is C16H21ClN4O. The Morgan fingerprint density at radius 2 is 2.14 bits per heavy atom. The Balaban J connectivity index is 0.00000176. The number of nitrogens with one attached hydrogen (secondary N) is 3. The average molecular weight is 321 g/mol. The van der Waals surface area contributed by atoms with E-state index < -0.39 is 0 Å². The molecule has 1 fully saturated rings. The van der Waals surface area contributed by atoms with E-state index in [4.69, 9.17) is 0 Å². The van der Waals surface area contributed by atoms with Gasteiger partial charge in [0.2, 0.25) is 0 Å². The Bertz CT molecular complexity index is 593. The quantitative estimate of drug-likeness (QED) is 0.791. The summed E-state index contributed by atoms with van der Waals surface area (Å²) < 4.78 is 0. The lowest BCUT2D eigenvalue weighted by molar-refractivity contribution is 0.0946. The summed E-state index contributed by atoms with van der Waals surface area (Å²) in [5.74, 6) is 0.600. The Morgan fingerprint density at radius 3 is 2.86 bits per heavy atom. The first-order chi connectivity index (χ1) is 10.3. The van der Waals surface area contributed by atoms with Crippen molar-refractivity contribution in [3.05, 3.63) is 42.1 Å². The van der Waals surface area contributed by atoms with Gasteiger partial charge in [-0.05, 0) is 37.9 Å². The molecule has 5 nitrogen and oxygen atoms in total. The number of rotatable bonds is 5. The predicted octanol–water partition coefficient (Wildman–Crippen LogP) is 2.23. The third-order valence-electron chi connectivity index (χ3n) is 3.89. The molecule has 3 N–H and O–H groups in total. The van der Waals surface area contributed by atoms with Gasteiger partial charge in [0.15, 0.2) is 0 Å². The first-order valence-electron chi connectivity index (χ1n) is 7.42. The molecule has 1 aliphatic rings. The number of halogens is 1. The normalized spacial score (nSPS) is 17.0. The van der Waals surface area contributed by atoms with Gasteiger partial charge in [-0.15, -0.1) is 12.4 Å². The summed E-state index contributed by atoms with van der Waals surface area (Å²) in [6.07, 6.45) is 2.23. The largest absolute Gasteiger partial charge is 0.351 e. The summed E-state index contributed by atoms with van der Waals surface area (Å²) >= 11 is 0. The summed E-state index contributed by atoms with van der Waals surface area (Å²) in [6, 6.07) is 11.6. The molecule has 1 amide bonds. The molecule has 1 aromatic heterocycles. The van der Waals surface area contributed by atoms with Crippen LogP contribution in [0.4, 0.5) is 0 Å². The van der Waals surface area contributed by atoms with E-state index in [2.05, 4.69) is 20.8 Å². The maximum atomic E-state index is 12.1. The van der Waals surface area contributed by atoms with Gasteiger partial charge >= 0.3 is 0 Å². The van der Waals surface area contributed by atoms with Crippen LogP contribution in [0.15, 0.2) is 36.4 Å². The van der Waals surface area contributed by atoms with Crippen LogP contribution < -0.4 is 10.6 Å². The zero-order chi connectivity index (χ0) is 14.5. The number of nitrogens with zero attached hydrogens (tertiary/aromatic N) is 1. The SMILES string of the molecule is Cl.O=C(NCCC1CCNC1)c1cc(-c2ccccc2)n[nH]1. The maximum Gasteiger partial charge on any atom is 0.269 e. The first kappa shape index (κ1) is 16.5. The zero-order valence-corrected chi connectivity index (χ0v) is 13.2. The zero-order valence-electron chi connectivity index (χ0n) is 12.3. The number of aromatic amines is 1. The van der Waals surface area contributed by atoms with E-state index in [1.54, 1.807) is 6.07 Å². The third kappa shape index (κ3) is 4.08. The third-order valence-corrected chi connectivity index (χ3v) is 3.89. The van der Waals surface area contributed by atoms with Crippen LogP contribution in [-0.2, 0) is 0 Å². The minimum absolute atomic E-state index is 0. The molecule has 0 bridgehead atoms. The number of benzene rings is 1. The van der Waals surface area contributed by atoms with E-state index >= 15 is 0 Å². The molecule has 0 aliphatic carbocycles. The smallest absolute Gasteiger partial charge is 0.269 e. The van der Waals surface area contributed by atoms with E-state index in [1.165, 1.54) is 6.42 Å². The minimum atomic E-state index is -0.0874. The topological polar surface area (TPSA) is 69.8 Å². The highest BCUT2D eigenvalue weighted by atomic mass is 35.5. The molecule has 0 saturated carbocycles. The van der Waals surface area contributed by atoms with Crippen LogP contribution in [0.5, 0.6) is 0 Å². The average Bonchev–Trinajstić information content (AvgIpc) is 3.20. The number of H-pyrrole nitrogens is 1. The molecule has 1 unspecified atom stereocenters. The lowest BCUT2D eigenvalue weighted by atomic mass is 10.1. The lowest BCUT2D eigenvalue weighted by Crippen LogP contribution is -2.26. The number of carbonyl (C=O) groups is 1. The Labute approximate surface area is 136 Å². The van der Waals surface area contributed by atoms with Crippen molar-refractivity contribution in [2.45, 2.75) is 12.8 Å². The Kier molecular flexibility index (Phi) is 5.98. The van der Waals surface area contributed by atoms with Crippen molar-refractivity contribution in [1.29, 1.82) is 0 Å². The molecule has 1 atom stereocenters. The molecule has 1 aromatic carbocycles. The number of aromatic nitrogens is 2. The number of carbonyl (C=O) groups excluding carboxylic acids is 1. The highest BCUT2D eigenvalue weighted by molar-refractivity contribution is 5.93. The first-order valence-corrected chi connectivity index (χ1v) is 7.42. The van der Waals surface area contributed by atoms with Crippen LogP contribution in [-0.4, -0.2) is 35.7 Å². The summed E-state index contributed by atoms with van der Waals surface area (Å²) in [6.45, 7) is 2.88. The van der Waals surface area contributed by atoms with E-state index in [1.807, 2.05) is 30.3 Å². The van der Waals surface area contributed by atoms with E-state index in [0.29, 0.717) is 18.2 Å². The molecule has 0 spiro atoms. The summed E-state index contributed by atoms with van der Waals surface area (Å²) in [5.41, 5.74) is 2.31. The van der Waals surface area contributed by atoms with Crippen molar-refractivity contribution >= 4 is 18.3 Å². The summed E-state index contributed by atoms with van der Waals surface area (Å²) in [7, 11) is 0. The fourth-order valence-electron chi connectivity index (χ4n) is 2.64. The molecule has 22 heavy (non-hydrogen) atoms. The van der Waals surface area contributed by atoms with Gasteiger partial charge in [0.25, 0.3) is 5.91 Å². The van der Waals surface area contributed by atoms with Gasteiger partial charge in [-0.1, -0.05) is 30.3 Å². The molecule has 118 valence electrons. The van der Waals surface area contributed by atoms with Crippen LogP contribution in [0.2, 0.25) is 0 Å². The van der Waals surface area contributed by atoms with Crippen molar-refractivity contribution in [1.82, 2.24) is 20.8 Å². The second-order valence-electron chi connectivity index (χ2n) is 5.44. The summed E-state index contributed by atoms with van der Waals surface area (Å²) in [4.78, 5) is 12.1. The lowest BCUT2D eigenvalue weighted by Gasteiger charge is -2.08. The molecular weight excluding hydrogens is 300 g/mol. The van der Waals surface area contributed by atoms with E-state index in [0.717, 1.165) is 30.8 Å². The van der Waals surface area contributed by atoms with Crippen LogP contribution >= 0.6 is 12.4 Å². The van der Waals surface area contributed by atoms with Gasteiger partial charge in [0.1, 0.15) is 5.69 Å². The fourth-order valence-corrected chi connectivity index (χ4v) is 2.64. The predicted molar refractivity (Wildman–Crippen MR) is 89.2 cm³/mol. The van der Waals surface area contributed by atoms with Gasteiger partial charge in [-0.3, -0.25) is 9.89 Å².